The van der Waals surface area contributed by atoms with E-state index in [4.69, 9.17) is 4.43 Å². The lowest BCUT2D eigenvalue weighted by molar-refractivity contribution is 0.100. The molecule has 0 spiro atoms. The van der Waals surface area contributed by atoms with Gasteiger partial charge in [-0.15, -0.1) is 0 Å². The van der Waals surface area contributed by atoms with Gasteiger partial charge in [-0.05, 0) is 36.6 Å². The first-order valence-electron chi connectivity index (χ1n) is 6.76. The molecular weight excluding hydrogens is 268 g/mol. The van der Waals surface area contributed by atoms with E-state index in [9.17, 15) is 5.11 Å². The Balaban J connectivity index is 2.27. The van der Waals surface area contributed by atoms with Crippen molar-refractivity contribution < 1.29 is 9.53 Å². The SMILES string of the molecule is CC(C)(C)[Si]OC(C)(C)c1nc2ccc(CO)cc2[nH]1. The van der Waals surface area contributed by atoms with Gasteiger partial charge < -0.3 is 14.5 Å². The average molecular weight is 290 g/mol. The van der Waals surface area contributed by atoms with E-state index >= 15 is 0 Å². The fraction of sp³-hybridized carbons (Fsp3) is 0.533. The van der Waals surface area contributed by atoms with Gasteiger partial charge in [0.15, 0.2) is 0 Å². The zero-order chi connectivity index (χ0) is 15.0. The molecule has 2 N–H and O–H groups in total. The third-order valence-electron chi connectivity index (χ3n) is 2.91. The van der Waals surface area contributed by atoms with Gasteiger partial charge >= 0.3 is 0 Å². The van der Waals surface area contributed by atoms with E-state index in [-0.39, 0.29) is 11.6 Å². The van der Waals surface area contributed by atoms with Gasteiger partial charge in [0.2, 0.25) is 9.76 Å². The van der Waals surface area contributed by atoms with Crippen LogP contribution in [0, 0.1) is 0 Å². The van der Waals surface area contributed by atoms with Gasteiger partial charge in [-0.1, -0.05) is 26.8 Å². The molecule has 0 aliphatic rings. The highest BCUT2D eigenvalue weighted by Crippen LogP contribution is 2.29. The van der Waals surface area contributed by atoms with Crippen LogP contribution in [-0.2, 0) is 16.6 Å². The second-order valence-electron chi connectivity index (χ2n) is 6.56. The van der Waals surface area contributed by atoms with Crippen molar-refractivity contribution >= 4 is 20.8 Å². The summed E-state index contributed by atoms with van der Waals surface area (Å²) in [5.74, 6) is 0.819. The Bertz CT molecular complexity index is 599. The van der Waals surface area contributed by atoms with E-state index in [0.717, 1.165) is 22.4 Å². The fourth-order valence-electron chi connectivity index (χ4n) is 1.77. The standard InChI is InChI=1S/C15H22N2O2Si/c1-14(2,3)20-19-15(4,5)13-16-11-7-6-10(9-18)8-12(11)17-13/h6-8,18H,9H2,1-5H3,(H,16,17). The van der Waals surface area contributed by atoms with E-state index in [1.165, 1.54) is 0 Å². The number of nitrogens with zero attached hydrogens (tertiary/aromatic N) is 1. The molecule has 0 aliphatic carbocycles. The number of aliphatic hydroxyl groups excluding tert-OH is 1. The van der Waals surface area contributed by atoms with E-state index in [1.807, 2.05) is 32.0 Å². The van der Waals surface area contributed by atoms with Gasteiger partial charge in [0.25, 0.3) is 0 Å². The van der Waals surface area contributed by atoms with Crippen LogP contribution in [0.5, 0.6) is 0 Å². The van der Waals surface area contributed by atoms with Crippen molar-refractivity contribution in [1.29, 1.82) is 0 Å². The zero-order valence-corrected chi connectivity index (χ0v) is 13.7. The van der Waals surface area contributed by atoms with Crippen molar-refractivity contribution in [3.05, 3.63) is 29.6 Å². The lowest BCUT2D eigenvalue weighted by atomic mass is 10.1. The van der Waals surface area contributed by atoms with E-state index < -0.39 is 5.60 Å². The Morgan fingerprint density at radius 1 is 1.25 bits per heavy atom. The predicted molar refractivity (Wildman–Crippen MR) is 81.6 cm³/mol. The molecule has 0 saturated heterocycles. The highest BCUT2D eigenvalue weighted by molar-refractivity contribution is 6.31. The van der Waals surface area contributed by atoms with E-state index in [1.54, 1.807) is 0 Å². The van der Waals surface area contributed by atoms with Crippen LogP contribution in [0.3, 0.4) is 0 Å². The number of aromatic amines is 1. The quantitative estimate of drug-likeness (QED) is 0.850. The number of hydrogen-bond acceptors (Lipinski definition) is 3. The summed E-state index contributed by atoms with van der Waals surface area (Å²) in [6.07, 6.45) is 0. The molecule has 0 saturated carbocycles. The summed E-state index contributed by atoms with van der Waals surface area (Å²) in [5.41, 5.74) is 2.25. The Morgan fingerprint density at radius 2 is 1.95 bits per heavy atom. The van der Waals surface area contributed by atoms with Gasteiger partial charge in [-0.2, -0.15) is 0 Å². The smallest absolute Gasteiger partial charge is 0.237 e. The number of aliphatic hydroxyl groups is 1. The number of nitrogens with one attached hydrogen (secondary N) is 1. The number of hydrogen-bond donors (Lipinski definition) is 2. The number of benzene rings is 1. The molecule has 0 unspecified atom stereocenters. The molecule has 0 atom stereocenters. The molecule has 2 radical (unpaired) electrons. The molecule has 0 amide bonds. The maximum Gasteiger partial charge on any atom is 0.237 e. The molecule has 1 aromatic carbocycles. The topological polar surface area (TPSA) is 58.1 Å². The first-order valence-corrected chi connectivity index (χ1v) is 7.67. The average Bonchev–Trinajstić information content (AvgIpc) is 2.79. The molecule has 20 heavy (non-hydrogen) atoms. The first-order chi connectivity index (χ1) is 9.21. The third kappa shape index (κ3) is 3.48. The minimum Gasteiger partial charge on any atom is -0.405 e. The van der Waals surface area contributed by atoms with Gasteiger partial charge in [0.1, 0.15) is 11.4 Å². The molecule has 2 aromatic rings. The lowest BCUT2D eigenvalue weighted by Gasteiger charge is -2.27. The summed E-state index contributed by atoms with van der Waals surface area (Å²) in [4.78, 5) is 7.91. The highest BCUT2D eigenvalue weighted by Gasteiger charge is 2.28. The minimum absolute atomic E-state index is 0.0373. The van der Waals surface area contributed by atoms with Gasteiger partial charge in [0, 0.05) is 0 Å². The summed E-state index contributed by atoms with van der Waals surface area (Å²) in [7, 11) is 0.403. The van der Waals surface area contributed by atoms with Crippen molar-refractivity contribution in [3.63, 3.8) is 0 Å². The summed E-state index contributed by atoms with van der Waals surface area (Å²) < 4.78 is 6.05. The number of imidazole rings is 1. The van der Waals surface area contributed by atoms with Crippen LogP contribution in [0.2, 0.25) is 5.04 Å². The molecule has 2 rings (SSSR count). The van der Waals surface area contributed by atoms with Crippen LogP contribution in [0.4, 0.5) is 0 Å². The third-order valence-corrected chi connectivity index (χ3v) is 4.14. The molecule has 108 valence electrons. The molecule has 1 heterocycles. The number of fused-ring (bicyclic) bond motifs is 1. The second kappa shape index (κ2) is 5.31. The Kier molecular flexibility index (Phi) is 4.04. The van der Waals surface area contributed by atoms with Crippen molar-refractivity contribution in [2.75, 3.05) is 0 Å². The molecule has 0 bridgehead atoms. The predicted octanol–water partition coefficient (Wildman–Crippen LogP) is 3.14. The van der Waals surface area contributed by atoms with Crippen LogP contribution >= 0.6 is 0 Å². The molecule has 4 nitrogen and oxygen atoms in total. The monoisotopic (exact) mass is 290 g/mol. The summed E-state index contributed by atoms with van der Waals surface area (Å²) in [5, 5.41) is 9.33. The Labute approximate surface area is 122 Å². The summed E-state index contributed by atoms with van der Waals surface area (Å²) in [6.45, 7) is 10.6. The van der Waals surface area contributed by atoms with Gasteiger partial charge in [-0.25, -0.2) is 4.98 Å². The van der Waals surface area contributed by atoms with Crippen LogP contribution in [0.25, 0.3) is 11.0 Å². The van der Waals surface area contributed by atoms with E-state index in [0.29, 0.717) is 9.76 Å². The highest BCUT2D eigenvalue weighted by atomic mass is 28.2. The largest absolute Gasteiger partial charge is 0.405 e. The van der Waals surface area contributed by atoms with Crippen molar-refractivity contribution in [2.45, 2.75) is 51.9 Å². The van der Waals surface area contributed by atoms with Crippen LogP contribution in [-0.4, -0.2) is 24.8 Å². The van der Waals surface area contributed by atoms with Crippen molar-refractivity contribution in [3.8, 4) is 0 Å². The van der Waals surface area contributed by atoms with Crippen LogP contribution in [0.1, 0.15) is 46.0 Å². The molecule has 0 fully saturated rings. The maximum absolute atomic E-state index is 9.18. The summed E-state index contributed by atoms with van der Waals surface area (Å²) >= 11 is 0. The number of H-pyrrole nitrogens is 1. The van der Waals surface area contributed by atoms with Crippen molar-refractivity contribution in [2.24, 2.45) is 0 Å². The molecule has 1 aromatic heterocycles. The maximum atomic E-state index is 9.18. The Morgan fingerprint density at radius 3 is 2.55 bits per heavy atom. The van der Waals surface area contributed by atoms with Gasteiger partial charge in [0.05, 0.1) is 17.6 Å². The van der Waals surface area contributed by atoms with E-state index in [2.05, 4.69) is 30.7 Å². The van der Waals surface area contributed by atoms with Crippen LogP contribution in [0.15, 0.2) is 18.2 Å². The number of rotatable bonds is 4. The normalized spacial score (nSPS) is 13.1. The van der Waals surface area contributed by atoms with Gasteiger partial charge in [-0.3, -0.25) is 0 Å². The lowest BCUT2D eigenvalue weighted by Crippen LogP contribution is -2.28. The molecule has 5 heteroatoms. The molecular formula is C15H22N2O2Si. The summed E-state index contributed by atoms with van der Waals surface area (Å²) in [6, 6.07) is 5.73. The Hall–Kier alpha value is -1.17. The molecule has 0 aliphatic heterocycles. The number of aromatic nitrogens is 2. The second-order valence-corrected chi connectivity index (χ2v) is 8.47. The minimum atomic E-state index is -0.454. The van der Waals surface area contributed by atoms with Crippen LogP contribution < -0.4 is 0 Å². The fourth-order valence-corrected chi connectivity index (χ4v) is 2.43. The zero-order valence-electron chi connectivity index (χ0n) is 12.7. The van der Waals surface area contributed by atoms with Crippen molar-refractivity contribution in [1.82, 2.24) is 9.97 Å². The first kappa shape index (κ1) is 15.2.